The molecule has 0 spiro atoms. The molecule has 0 saturated heterocycles. The molecular formula is C14H15FN2O4S2. The number of halogens is 1. The number of sulfonamides is 2. The number of aryl methyl sites for hydroxylation is 1. The molecule has 2 rings (SSSR count). The van der Waals surface area contributed by atoms with Gasteiger partial charge >= 0.3 is 0 Å². The minimum absolute atomic E-state index is 0.201. The second-order valence-corrected chi connectivity index (χ2v) is 8.34. The van der Waals surface area contributed by atoms with Crippen molar-refractivity contribution >= 4 is 25.7 Å². The van der Waals surface area contributed by atoms with Crippen LogP contribution in [0.15, 0.2) is 52.3 Å². The quantitative estimate of drug-likeness (QED) is 0.853. The molecule has 0 aromatic heterocycles. The van der Waals surface area contributed by atoms with E-state index in [1.54, 1.807) is 6.92 Å². The van der Waals surface area contributed by atoms with E-state index >= 15 is 0 Å². The average Bonchev–Trinajstić information content (AvgIpc) is 2.51. The number of hydrogen-bond donors (Lipinski definition) is 2. The number of benzene rings is 2. The zero-order chi connectivity index (χ0) is 17.3. The summed E-state index contributed by atoms with van der Waals surface area (Å²) in [6.45, 7) is 1.69. The van der Waals surface area contributed by atoms with Gasteiger partial charge in [0, 0.05) is 0 Å². The normalized spacial score (nSPS) is 12.1. The van der Waals surface area contributed by atoms with Crippen LogP contribution in [0, 0.1) is 12.7 Å². The van der Waals surface area contributed by atoms with E-state index in [9.17, 15) is 21.2 Å². The molecule has 0 aliphatic carbocycles. The summed E-state index contributed by atoms with van der Waals surface area (Å²) < 4.78 is 66.1. The van der Waals surface area contributed by atoms with Gasteiger partial charge in [-0.2, -0.15) is 0 Å². The molecule has 2 N–H and O–H groups in total. The molecule has 0 bridgehead atoms. The molecular weight excluding hydrogens is 343 g/mol. The molecule has 0 amide bonds. The summed E-state index contributed by atoms with van der Waals surface area (Å²) in [5.41, 5.74) is 0.475. The first-order chi connectivity index (χ1) is 10.7. The van der Waals surface area contributed by atoms with E-state index in [0.717, 1.165) is 12.1 Å². The highest BCUT2D eigenvalue weighted by molar-refractivity contribution is 7.93. The van der Waals surface area contributed by atoms with Crippen LogP contribution >= 0.6 is 0 Å². The minimum Gasteiger partial charge on any atom is -0.277 e. The van der Waals surface area contributed by atoms with Gasteiger partial charge in [-0.05, 0) is 49.9 Å². The highest BCUT2D eigenvalue weighted by atomic mass is 32.2. The van der Waals surface area contributed by atoms with E-state index in [0.29, 0.717) is 5.56 Å². The van der Waals surface area contributed by atoms with Crippen LogP contribution in [0.2, 0.25) is 0 Å². The van der Waals surface area contributed by atoms with Gasteiger partial charge in [0.25, 0.3) is 10.0 Å². The highest BCUT2D eigenvalue weighted by Crippen LogP contribution is 2.22. The Morgan fingerprint density at radius 1 is 0.913 bits per heavy atom. The number of nitrogens with one attached hydrogen (secondary N) is 2. The standard InChI is InChI=1S/C14H15FN2O4S2/c1-10-6-7-13(15)14(8-10)17-23(20,21)12-5-3-4-11(9-12)22(18,19)16-2/h3-9,16-17H,1-2H3. The minimum atomic E-state index is -4.13. The molecule has 2 aromatic rings. The summed E-state index contributed by atoms with van der Waals surface area (Å²) in [4.78, 5) is -0.484. The van der Waals surface area contributed by atoms with Crippen molar-refractivity contribution in [3.8, 4) is 0 Å². The summed E-state index contributed by atoms with van der Waals surface area (Å²) in [6, 6.07) is 8.79. The first-order valence-corrected chi connectivity index (χ1v) is 9.45. The molecule has 0 atom stereocenters. The van der Waals surface area contributed by atoms with Crippen LogP contribution in [0.3, 0.4) is 0 Å². The Balaban J connectivity index is 2.45. The van der Waals surface area contributed by atoms with E-state index in [2.05, 4.69) is 9.44 Å². The fourth-order valence-electron chi connectivity index (χ4n) is 1.85. The van der Waals surface area contributed by atoms with Crippen LogP contribution in [0.5, 0.6) is 0 Å². The Hall–Kier alpha value is -1.97. The van der Waals surface area contributed by atoms with Crippen molar-refractivity contribution in [2.24, 2.45) is 0 Å². The largest absolute Gasteiger partial charge is 0.277 e. The third-order valence-corrected chi connectivity index (χ3v) is 5.84. The Kier molecular flexibility index (Phi) is 4.73. The van der Waals surface area contributed by atoms with Crippen molar-refractivity contribution in [2.45, 2.75) is 16.7 Å². The van der Waals surface area contributed by atoms with Crippen LogP contribution in [0.25, 0.3) is 0 Å². The molecule has 124 valence electrons. The molecule has 23 heavy (non-hydrogen) atoms. The van der Waals surface area contributed by atoms with Crippen molar-refractivity contribution < 1.29 is 21.2 Å². The molecule has 0 aliphatic heterocycles. The fourth-order valence-corrected chi connectivity index (χ4v) is 3.80. The van der Waals surface area contributed by atoms with Gasteiger partial charge in [-0.25, -0.2) is 25.9 Å². The van der Waals surface area contributed by atoms with Crippen LogP contribution in [-0.4, -0.2) is 23.9 Å². The molecule has 2 aromatic carbocycles. The number of anilines is 1. The molecule has 9 heteroatoms. The van der Waals surface area contributed by atoms with Gasteiger partial charge in [-0.15, -0.1) is 0 Å². The Bertz CT molecular complexity index is 941. The average molecular weight is 358 g/mol. The molecule has 0 aliphatic rings. The summed E-state index contributed by atoms with van der Waals surface area (Å²) in [5, 5.41) is 0. The smallest absolute Gasteiger partial charge is 0.262 e. The summed E-state index contributed by atoms with van der Waals surface area (Å²) in [7, 11) is -6.69. The van der Waals surface area contributed by atoms with Gasteiger partial charge in [0.15, 0.2) is 0 Å². The van der Waals surface area contributed by atoms with Gasteiger partial charge in [0.2, 0.25) is 10.0 Å². The van der Waals surface area contributed by atoms with Crippen molar-refractivity contribution in [1.29, 1.82) is 0 Å². The molecule has 0 unspecified atom stereocenters. The maximum absolute atomic E-state index is 13.7. The third kappa shape index (κ3) is 3.87. The Morgan fingerprint density at radius 3 is 2.13 bits per heavy atom. The zero-order valence-electron chi connectivity index (χ0n) is 12.4. The summed E-state index contributed by atoms with van der Waals surface area (Å²) in [5.74, 6) is -0.724. The zero-order valence-corrected chi connectivity index (χ0v) is 14.0. The number of hydrogen-bond acceptors (Lipinski definition) is 4. The van der Waals surface area contributed by atoms with Gasteiger partial charge in [0.05, 0.1) is 15.5 Å². The van der Waals surface area contributed by atoms with Gasteiger partial charge in [-0.1, -0.05) is 12.1 Å². The van der Waals surface area contributed by atoms with Gasteiger partial charge in [0.1, 0.15) is 5.82 Å². The SMILES string of the molecule is CNS(=O)(=O)c1cccc(S(=O)(=O)Nc2cc(C)ccc2F)c1. The Morgan fingerprint density at radius 2 is 1.52 bits per heavy atom. The van der Waals surface area contributed by atoms with E-state index in [1.807, 2.05) is 0 Å². The monoisotopic (exact) mass is 358 g/mol. The number of rotatable bonds is 5. The first-order valence-electron chi connectivity index (χ1n) is 6.48. The van der Waals surface area contributed by atoms with Gasteiger partial charge < -0.3 is 0 Å². The molecule has 6 nitrogen and oxygen atoms in total. The third-order valence-electron chi connectivity index (χ3n) is 3.06. The van der Waals surface area contributed by atoms with Crippen molar-refractivity contribution in [2.75, 3.05) is 11.8 Å². The predicted octanol–water partition coefficient (Wildman–Crippen LogP) is 1.84. The van der Waals surface area contributed by atoms with Crippen LogP contribution in [0.4, 0.5) is 10.1 Å². The van der Waals surface area contributed by atoms with E-state index in [1.165, 1.54) is 37.4 Å². The first kappa shape index (κ1) is 17.4. The lowest BCUT2D eigenvalue weighted by Gasteiger charge is -2.11. The van der Waals surface area contributed by atoms with Gasteiger partial charge in [-0.3, -0.25) is 4.72 Å². The second-order valence-electron chi connectivity index (χ2n) is 4.77. The summed E-state index contributed by atoms with van der Waals surface area (Å²) >= 11 is 0. The van der Waals surface area contributed by atoms with Crippen LogP contribution in [-0.2, 0) is 20.0 Å². The van der Waals surface area contributed by atoms with Crippen molar-refractivity contribution in [3.63, 3.8) is 0 Å². The molecule has 0 radical (unpaired) electrons. The lowest BCUT2D eigenvalue weighted by molar-refractivity contribution is 0.587. The molecule has 0 heterocycles. The molecule has 0 saturated carbocycles. The van der Waals surface area contributed by atoms with Crippen LogP contribution < -0.4 is 9.44 Å². The predicted molar refractivity (Wildman–Crippen MR) is 84.6 cm³/mol. The maximum Gasteiger partial charge on any atom is 0.262 e. The van der Waals surface area contributed by atoms with Crippen molar-refractivity contribution in [3.05, 3.63) is 53.8 Å². The van der Waals surface area contributed by atoms with Crippen molar-refractivity contribution in [1.82, 2.24) is 4.72 Å². The Labute approximate surface area is 134 Å². The summed E-state index contributed by atoms with van der Waals surface area (Å²) in [6.07, 6.45) is 0. The topological polar surface area (TPSA) is 92.3 Å². The van der Waals surface area contributed by atoms with E-state index in [-0.39, 0.29) is 15.5 Å². The van der Waals surface area contributed by atoms with E-state index in [4.69, 9.17) is 0 Å². The highest BCUT2D eigenvalue weighted by Gasteiger charge is 2.20. The van der Waals surface area contributed by atoms with E-state index < -0.39 is 25.9 Å². The second kappa shape index (κ2) is 6.26. The fraction of sp³-hybridized carbons (Fsp3) is 0.143. The molecule has 0 fully saturated rings. The lowest BCUT2D eigenvalue weighted by Crippen LogP contribution is -2.20. The van der Waals surface area contributed by atoms with Crippen LogP contribution in [0.1, 0.15) is 5.56 Å². The lowest BCUT2D eigenvalue weighted by atomic mass is 10.2. The maximum atomic E-state index is 13.7.